The fourth-order valence-electron chi connectivity index (χ4n) is 6.63. The third kappa shape index (κ3) is 9.01. The van der Waals surface area contributed by atoms with E-state index < -0.39 is 74.6 Å². The van der Waals surface area contributed by atoms with Crippen LogP contribution in [0.25, 0.3) is 0 Å². The second-order valence-electron chi connectivity index (χ2n) is 16.0. The molecule has 2 aliphatic rings. The Bertz CT molecular complexity index is 1500. The van der Waals surface area contributed by atoms with Crippen molar-refractivity contribution in [3.63, 3.8) is 0 Å². The van der Waals surface area contributed by atoms with Crippen molar-refractivity contribution < 1.29 is 32.4 Å². The number of amides is 5. The van der Waals surface area contributed by atoms with Gasteiger partial charge in [-0.3, -0.25) is 19.2 Å². The molecule has 0 spiro atoms. The largest absolute Gasteiger partial charge is 0.350 e. The predicted molar refractivity (Wildman–Crippen MR) is 189 cm³/mol. The Balaban J connectivity index is 1.83. The summed E-state index contributed by atoms with van der Waals surface area (Å²) >= 11 is 1.11. The Morgan fingerprint density at radius 1 is 1.02 bits per heavy atom. The summed E-state index contributed by atoms with van der Waals surface area (Å²) < 4.78 is 27.7. The number of piperidine rings is 1. The van der Waals surface area contributed by atoms with Crippen molar-refractivity contribution in [3.8, 4) is 0 Å². The van der Waals surface area contributed by atoms with E-state index >= 15 is 0 Å². The van der Waals surface area contributed by atoms with Gasteiger partial charge in [0.15, 0.2) is 0 Å². The zero-order valence-corrected chi connectivity index (χ0v) is 32.4. The third-order valence-corrected chi connectivity index (χ3v) is 13.1. The van der Waals surface area contributed by atoms with Crippen LogP contribution >= 0.6 is 11.3 Å². The lowest BCUT2D eigenvalue weighted by Crippen LogP contribution is -2.62. The zero-order valence-electron chi connectivity index (χ0n) is 30.8. The van der Waals surface area contributed by atoms with Crippen LogP contribution in [0.5, 0.6) is 0 Å². The summed E-state index contributed by atoms with van der Waals surface area (Å²) in [6.45, 7) is 19.3. The number of Topliss-reactive ketones (excluding diaryl/α,β-unsaturated/α-hetero) is 1. The molecule has 1 aromatic heterocycles. The molecule has 4 N–H and O–H groups in total. The van der Waals surface area contributed by atoms with Crippen molar-refractivity contribution in [2.24, 2.45) is 28.1 Å². The molecule has 1 unspecified atom stereocenters. The molecule has 1 saturated carbocycles. The molecule has 0 aromatic carbocycles. The van der Waals surface area contributed by atoms with Gasteiger partial charge in [0.05, 0.1) is 6.04 Å². The minimum atomic E-state index is -3.77. The number of nitrogens with one attached hydrogen (secondary N) is 4. The summed E-state index contributed by atoms with van der Waals surface area (Å²) in [6.07, 6.45) is 0.822. The Labute approximate surface area is 295 Å². The van der Waals surface area contributed by atoms with Crippen LogP contribution in [0.15, 0.2) is 21.7 Å². The van der Waals surface area contributed by atoms with E-state index in [1.54, 1.807) is 18.4 Å². The van der Waals surface area contributed by atoms with Gasteiger partial charge >= 0.3 is 6.03 Å². The summed E-state index contributed by atoms with van der Waals surface area (Å²) in [5.74, 6) is -2.53. The normalized spacial score (nSPS) is 22.0. The molecular formula is C34H56N6O7S2. The number of fused-ring (bicyclic) bond motifs is 1. The number of sulfonamides is 1. The van der Waals surface area contributed by atoms with Crippen molar-refractivity contribution in [1.29, 1.82) is 0 Å². The van der Waals surface area contributed by atoms with Gasteiger partial charge in [0, 0.05) is 32.7 Å². The number of hydrogen-bond acceptors (Lipinski definition) is 8. The molecule has 3 rings (SSSR count). The average Bonchev–Trinajstić information content (AvgIpc) is 3.44. The summed E-state index contributed by atoms with van der Waals surface area (Å²) in [4.78, 5) is 68.7. The monoisotopic (exact) mass is 724 g/mol. The number of carbonyl (C=O) groups excluding carboxylic acids is 5. The molecule has 0 radical (unpaired) electrons. The lowest BCUT2D eigenvalue weighted by molar-refractivity contribution is -0.145. The maximum absolute atomic E-state index is 14.4. The third-order valence-electron chi connectivity index (χ3n) is 9.87. The number of likely N-dealkylation sites (N-methyl/N-ethyl adjacent to an activating group) is 2. The molecule has 15 heteroatoms. The van der Waals surface area contributed by atoms with Gasteiger partial charge in [0.2, 0.25) is 17.6 Å². The minimum Gasteiger partial charge on any atom is -0.350 e. The molecule has 276 valence electrons. The van der Waals surface area contributed by atoms with Crippen LogP contribution in [0, 0.1) is 28.1 Å². The molecule has 1 aromatic rings. The number of hydrogen-bond donors (Lipinski definition) is 4. The summed E-state index contributed by atoms with van der Waals surface area (Å²) in [5.41, 5.74) is -1.53. The Hall–Kier alpha value is -3.04. The highest BCUT2D eigenvalue weighted by atomic mass is 32.2. The van der Waals surface area contributed by atoms with E-state index in [0.717, 1.165) is 11.3 Å². The highest BCUT2D eigenvalue weighted by Crippen LogP contribution is 2.65. The Morgan fingerprint density at radius 3 is 2.16 bits per heavy atom. The Kier molecular flexibility index (Phi) is 12.4. The molecule has 1 aliphatic carbocycles. The van der Waals surface area contributed by atoms with Gasteiger partial charge in [-0.1, -0.05) is 74.8 Å². The first-order chi connectivity index (χ1) is 22.5. The molecule has 0 bridgehead atoms. The topological polar surface area (TPSA) is 174 Å². The number of urea groups is 1. The fourth-order valence-corrected chi connectivity index (χ4v) is 9.02. The van der Waals surface area contributed by atoms with E-state index in [9.17, 15) is 32.4 Å². The lowest BCUT2D eigenvalue weighted by Gasteiger charge is -2.39. The van der Waals surface area contributed by atoms with Gasteiger partial charge in [0.1, 0.15) is 16.3 Å². The van der Waals surface area contributed by atoms with Crippen LogP contribution in [-0.2, 0) is 29.2 Å². The first-order valence-electron chi connectivity index (χ1n) is 17.0. The van der Waals surface area contributed by atoms with Crippen LogP contribution in [0.3, 0.4) is 0 Å². The lowest BCUT2D eigenvalue weighted by atomic mass is 9.85. The van der Waals surface area contributed by atoms with Gasteiger partial charge in [-0.15, -0.1) is 11.3 Å². The van der Waals surface area contributed by atoms with Crippen molar-refractivity contribution in [2.75, 3.05) is 26.7 Å². The van der Waals surface area contributed by atoms with E-state index in [1.165, 1.54) is 22.3 Å². The number of likely N-dealkylation sites (tertiary alicyclic amines) is 1. The van der Waals surface area contributed by atoms with Crippen molar-refractivity contribution in [3.05, 3.63) is 17.5 Å². The number of thiophene rings is 1. The predicted octanol–water partition coefficient (Wildman–Crippen LogP) is 2.97. The van der Waals surface area contributed by atoms with Crippen LogP contribution in [0.4, 0.5) is 4.79 Å². The van der Waals surface area contributed by atoms with Crippen molar-refractivity contribution in [1.82, 2.24) is 30.5 Å². The van der Waals surface area contributed by atoms with E-state index in [2.05, 4.69) is 21.3 Å². The standard InChI is InChI=1S/C34H56N6O7S2/c1-12-15-21(26(41)29(43)35-13-2)36-28(42)25-24-20(34(24,9)10)18-40(25)30(44)27(33(6,7)8)38-31(45)37-22(32(3,4)5)19-39(11)49(46,47)23-16-14-17-48-23/h14,16-17,20-22,24-25,27H,12-13,15,18-19H2,1-11H3,(H,35,43)(H,36,42)(H2,37,38,45)/t20-,21?,22+,24-,25-,27+/m0/s1. The van der Waals surface area contributed by atoms with Gasteiger partial charge < -0.3 is 26.2 Å². The fraction of sp³-hybridized carbons (Fsp3) is 0.735. The highest BCUT2D eigenvalue weighted by molar-refractivity contribution is 7.91. The van der Waals surface area contributed by atoms with Gasteiger partial charge in [0.25, 0.3) is 15.9 Å². The molecule has 6 atom stereocenters. The maximum Gasteiger partial charge on any atom is 0.315 e. The molecule has 2 fully saturated rings. The van der Waals surface area contributed by atoms with Gasteiger partial charge in [-0.25, -0.2) is 13.2 Å². The molecule has 1 saturated heterocycles. The molecular weight excluding hydrogens is 669 g/mol. The first-order valence-corrected chi connectivity index (χ1v) is 19.3. The molecule has 1 aliphatic heterocycles. The van der Waals surface area contributed by atoms with Crippen LogP contribution in [0.2, 0.25) is 0 Å². The van der Waals surface area contributed by atoms with E-state index in [-0.39, 0.29) is 41.0 Å². The quantitative estimate of drug-likeness (QED) is 0.214. The van der Waals surface area contributed by atoms with E-state index in [4.69, 9.17) is 0 Å². The molecule has 49 heavy (non-hydrogen) atoms. The molecule has 5 amide bonds. The molecule has 2 heterocycles. The summed E-state index contributed by atoms with van der Waals surface area (Å²) in [6, 6.07) is -1.03. The number of ketones is 1. The average molecular weight is 725 g/mol. The minimum absolute atomic E-state index is 0.00791. The summed E-state index contributed by atoms with van der Waals surface area (Å²) in [7, 11) is -2.30. The summed E-state index contributed by atoms with van der Waals surface area (Å²) in [5, 5.41) is 12.7. The van der Waals surface area contributed by atoms with Gasteiger partial charge in [-0.2, -0.15) is 4.31 Å². The van der Waals surface area contributed by atoms with E-state index in [1.807, 2.05) is 62.3 Å². The maximum atomic E-state index is 14.4. The second-order valence-corrected chi connectivity index (χ2v) is 19.2. The van der Waals surface area contributed by atoms with Crippen LogP contribution < -0.4 is 21.3 Å². The zero-order chi connectivity index (χ0) is 37.3. The number of rotatable bonds is 14. The SMILES string of the molecule is CCCC(NC(=O)[C@@H]1[C@@H]2[C@H](CN1C(=O)[C@@H](NC(=O)N[C@H](CN(C)S(=O)(=O)c1cccs1)C(C)(C)C)C(C)(C)C)C2(C)C)C(=O)C(=O)NCC. The smallest absolute Gasteiger partial charge is 0.315 e. The first kappa shape index (κ1) is 40.4. The van der Waals surface area contributed by atoms with Gasteiger partial charge in [-0.05, 0) is 52.9 Å². The number of carbonyl (C=O) groups is 5. The molecule has 13 nitrogen and oxygen atoms in total. The van der Waals surface area contributed by atoms with Crippen molar-refractivity contribution in [2.45, 2.75) is 110 Å². The second kappa shape index (κ2) is 15.1. The van der Waals surface area contributed by atoms with Crippen LogP contribution in [-0.4, -0.2) is 98.0 Å². The van der Waals surface area contributed by atoms with Crippen LogP contribution in [0.1, 0.15) is 82.1 Å². The van der Waals surface area contributed by atoms with E-state index in [0.29, 0.717) is 13.0 Å². The number of nitrogens with zero attached hydrogens (tertiary/aromatic N) is 2. The Morgan fingerprint density at radius 2 is 1.65 bits per heavy atom. The van der Waals surface area contributed by atoms with Crippen molar-refractivity contribution >= 4 is 50.9 Å². The highest BCUT2D eigenvalue weighted by Gasteiger charge is 2.70.